The molecule has 5 heterocycles. The van der Waals surface area contributed by atoms with Crippen LogP contribution < -0.4 is 15.4 Å². The van der Waals surface area contributed by atoms with E-state index in [1.54, 1.807) is 13.2 Å². The first-order valence-electron chi connectivity index (χ1n) is 11.4. The van der Waals surface area contributed by atoms with Gasteiger partial charge in [-0.2, -0.15) is 5.10 Å². The normalized spacial score (nSPS) is 19.3. The van der Waals surface area contributed by atoms with Gasteiger partial charge >= 0.3 is 0 Å². The number of fused-ring (bicyclic) bond motifs is 1. The number of imidazole rings is 1. The number of aromatic nitrogens is 4. The minimum atomic E-state index is -0.777. The second-order valence-electron chi connectivity index (χ2n) is 7.50. The zero-order valence-corrected chi connectivity index (χ0v) is 19.9. The van der Waals surface area contributed by atoms with E-state index in [9.17, 15) is 13.2 Å². The van der Waals surface area contributed by atoms with Gasteiger partial charge in [0, 0.05) is 31.1 Å². The van der Waals surface area contributed by atoms with Crippen molar-refractivity contribution in [1.82, 2.24) is 24.9 Å². The molecule has 0 aromatic carbocycles. The maximum atomic E-state index is 14.7. The van der Waals surface area contributed by atoms with E-state index in [0.29, 0.717) is 43.1 Å². The molecule has 0 bridgehead atoms. The molecule has 34 heavy (non-hydrogen) atoms. The van der Waals surface area contributed by atoms with Gasteiger partial charge in [0.25, 0.3) is 0 Å². The second kappa shape index (κ2) is 12.0. The molecule has 0 aliphatic carbocycles. The molecule has 2 fully saturated rings. The summed E-state index contributed by atoms with van der Waals surface area (Å²) in [6.07, 6.45) is 4.00. The monoisotopic (exact) mass is 480 g/mol. The van der Waals surface area contributed by atoms with Crippen LogP contribution >= 0.6 is 0 Å². The van der Waals surface area contributed by atoms with E-state index >= 15 is 0 Å². The Labute approximate surface area is 196 Å². The first-order valence-corrected chi connectivity index (χ1v) is 11.4. The van der Waals surface area contributed by atoms with Gasteiger partial charge in [-0.25, -0.2) is 23.3 Å². The summed E-state index contributed by atoms with van der Waals surface area (Å²) in [4.78, 5) is 8.56. The maximum Gasteiger partial charge on any atom is 0.168 e. The van der Waals surface area contributed by atoms with E-state index in [1.165, 1.54) is 10.7 Å². The van der Waals surface area contributed by atoms with Crippen molar-refractivity contribution in [1.29, 1.82) is 0 Å². The van der Waals surface area contributed by atoms with Crippen LogP contribution in [-0.2, 0) is 4.74 Å². The maximum absolute atomic E-state index is 14.7. The summed E-state index contributed by atoms with van der Waals surface area (Å²) in [7, 11) is 2.05. The number of nitrogens with one attached hydrogen (secondary N) is 2. The van der Waals surface area contributed by atoms with Gasteiger partial charge in [-0.3, -0.25) is 4.39 Å². The average molecular weight is 481 g/mol. The molecule has 0 spiro atoms. The number of anilines is 1. The highest BCUT2D eigenvalue weighted by Gasteiger charge is 2.28. The molecule has 2 saturated heterocycles. The predicted octanol–water partition coefficient (Wildman–Crippen LogP) is 4.32. The van der Waals surface area contributed by atoms with Crippen molar-refractivity contribution in [3.63, 3.8) is 0 Å². The van der Waals surface area contributed by atoms with Crippen LogP contribution in [-0.4, -0.2) is 59.6 Å². The Bertz CT molecular complexity index is 1080. The number of alkyl halides is 1. The van der Waals surface area contributed by atoms with Crippen molar-refractivity contribution in [2.45, 2.75) is 45.3 Å². The third-order valence-corrected chi connectivity index (χ3v) is 5.52. The Balaban J connectivity index is 0.000000771. The molecule has 2 aliphatic heterocycles. The van der Waals surface area contributed by atoms with Gasteiger partial charge in [-0.15, -0.1) is 0 Å². The molecular weight excluding hydrogens is 449 g/mol. The van der Waals surface area contributed by atoms with Gasteiger partial charge in [-0.1, -0.05) is 13.8 Å². The number of rotatable bonds is 5. The van der Waals surface area contributed by atoms with Crippen molar-refractivity contribution in [2.24, 2.45) is 0 Å². The number of hydrogen-bond acceptors (Lipinski definition) is 7. The summed E-state index contributed by atoms with van der Waals surface area (Å²) in [5, 5.41) is 10.9. The molecule has 3 aromatic rings. The fraction of sp³-hybridized carbons (Fsp3) is 0.522. The molecule has 3 aromatic heterocycles. The largest absolute Gasteiger partial charge is 0.495 e. The minimum Gasteiger partial charge on any atom is -0.495 e. The van der Waals surface area contributed by atoms with Crippen LogP contribution in [0.4, 0.5) is 19.0 Å². The summed E-state index contributed by atoms with van der Waals surface area (Å²) in [5.74, 6) is -0.926. The molecule has 5 rings (SSSR count). The van der Waals surface area contributed by atoms with Crippen molar-refractivity contribution >= 4 is 11.5 Å². The lowest BCUT2D eigenvalue weighted by Crippen LogP contribution is -2.38. The number of methoxy groups -OCH3 is 1. The number of hydrogen-bond donors (Lipinski definition) is 2. The Morgan fingerprint density at radius 2 is 1.94 bits per heavy atom. The number of halogens is 3. The summed E-state index contributed by atoms with van der Waals surface area (Å²) >= 11 is 0. The quantitative estimate of drug-likeness (QED) is 0.563. The third kappa shape index (κ3) is 5.25. The Kier molecular flexibility index (Phi) is 9.05. The highest BCUT2D eigenvalue weighted by atomic mass is 19.1. The second-order valence-corrected chi connectivity index (χ2v) is 7.50. The zero-order chi connectivity index (χ0) is 24.7. The SMILES string of the molecule is CC.CF.COc1cc2ncc(-c3nc(NC4CCCNC4)c(F)cc3F)n2nc1C1CCO1. The fourth-order valence-corrected chi connectivity index (χ4v) is 3.83. The molecule has 0 radical (unpaired) electrons. The van der Waals surface area contributed by atoms with Crippen molar-refractivity contribution in [3.8, 4) is 17.1 Å². The summed E-state index contributed by atoms with van der Waals surface area (Å²) < 4.78 is 51.1. The van der Waals surface area contributed by atoms with Gasteiger partial charge in [0.05, 0.1) is 27.1 Å². The van der Waals surface area contributed by atoms with Crippen molar-refractivity contribution < 1.29 is 22.6 Å². The molecule has 2 unspecified atom stereocenters. The Hall–Kier alpha value is -2.92. The van der Waals surface area contributed by atoms with E-state index < -0.39 is 11.6 Å². The lowest BCUT2D eigenvalue weighted by molar-refractivity contribution is -0.0569. The van der Waals surface area contributed by atoms with E-state index in [-0.39, 0.29) is 23.7 Å². The zero-order valence-electron chi connectivity index (χ0n) is 19.9. The fourth-order valence-electron chi connectivity index (χ4n) is 3.83. The predicted molar refractivity (Wildman–Crippen MR) is 124 cm³/mol. The van der Waals surface area contributed by atoms with Gasteiger partial charge in [0.1, 0.15) is 28.9 Å². The molecule has 2 aliphatic rings. The smallest absolute Gasteiger partial charge is 0.168 e. The molecule has 11 heteroatoms. The highest BCUT2D eigenvalue weighted by Crippen LogP contribution is 2.35. The minimum absolute atomic E-state index is 0.0195. The topological polar surface area (TPSA) is 85.6 Å². The summed E-state index contributed by atoms with van der Waals surface area (Å²) in [6, 6.07) is 2.60. The average Bonchev–Trinajstić information content (AvgIpc) is 3.25. The van der Waals surface area contributed by atoms with Crippen LogP contribution in [0.15, 0.2) is 18.3 Å². The summed E-state index contributed by atoms with van der Waals surface area (Å²) in [6.45, 7) is 6.30. The number of ether oxygens (including phenoxy) is 2. The van der Waals surface area contributed by atoms with Gasteiger partial charge < -0.3 is 20.1 Å². The number of pyridine rings is 1. The van der Waals surface area contributed by atoms with Crippen LogP contribution in [0.5, 0.6) is 5.75 Å². The number of piperidine rings is 1. The lowest BCUT2D eigenvalue weighted by atomic mass is 10.1. The van der Waals surface area contributed by atoms with Gasteiger partial charge in [-0.05, 0) is 19.4 Å². The van der Waals surface area contributed by atoms with Crippen molar-refractivity contribution in [2.75, 3.05) is 39.3 Å². The Morgan fingerprint density at radius 3 is 2.56 bits per heavy atom. The first-order chi connectivity index (χ1) is 16.6. The lowest BCUT2D eigenvalue weighted by Gasteiger charge is -2.27. The molecular formula is C23H31F3N6O2. The van der Waals surface area contributed by atoms with E-state index in [4.69, 9.17) is 9.47 Å². The molecule has 0 saturated carbocycles. The van der Waals surface area contributed by atoms with E-state index in [0.717, 1.165) is 31.9 Å². The highest BCUT2D eigenvalue weighted by molar-refractivity contribution is 5.63. The van der Waals surface area contributed by atoms with Crippen LogP contribution in [0, 0.1) is 11.6 Å². The third-order valence-electron chi connectivity index (χ3n) is 5.52. The van der Waals surface area contributed by atoms with Crippen molar-refractivity contribution in [3.05, 3.63) is 35.7 Å². The summed E-state index contributed by atoms with van der Waals surface area (Å²) in [5.41, 5.74) is 1.40. The Morgan fingerprint density at radius 1 is 1.18 bits per heavy atom. The standard InChI is InChI=1S/C20H22F2N6O2.C2H6.CH3F/c1-29-16-8-17-24-10-14(28(17)27-19(16)15-4-6-30-15)18-12(21)7-13(22)20(26-18)25-11-3-2-5-23-9-11;2*1-2/h7-8,10-11,15,23H,2-6,9H2,1H3,(H,25,26);1-2H3;1H3. The first kappa shape index (κ1) is 25.7. The molecule has 2 atom stereocenters. The molecule has 8 nitrogen and oxygen atoms in total. The van der Waals surface area contributed by atoms with Gasteiger partial charge in [0.15, 0.2) is 23.1 Å². The number of nitrogens with zero attached hydrogens (tertiary/aromatic N) is 4. The van der Waals surface area contributed by atoms with Crippen LogP contribution in [0.2, 0.25) is 0 Å². The van der Waals surface area contributed by atoms with Crippen LogP contribution in [0.3, 0.4) is 0 Å². The van der Waals surface area contributed by atoms with E-state index in [1.807, 2.05) is 13.8 Å². The van der Waals surface area contributed by atoms with Crippen LogP contribution in [0.25, 0.3) is 17.0 Å². The van der Waals surface area contributed by atoms with E-state index in [2.05, 4.69) is 25.7 Å². The molecule has 2 N–H and O–H groups in total. The van der Waals surface area contributed by atoms with Crippen LogP contribution in [0.1, 0.15) is 44.9 Å². The molecule has 0 amide bonds. The van der Waals surface area contributed by atoms with Gasteiger partial charge in [0.2, 0.25) is 0 Å². The molecule has 186 valence electrons.